The van der Waals surface area contributed by atoms with Gasteiger partial charge in [-0.15, -0.1) is 0 Å². The van der Waals surface area contributed by atoms with E-state index in [1.165, 1.54) is 0 Å². The molecule has 0 heterocycles. The van der Waals surface area contributed by atoms with Crippen LogP contribution in [0.3, 0.4) is 0 Å². The molecule has 22 heavy (non-hydrogen) atoms. The fourth-order valence-electron chi connectivity index (χ4n) is 2.80. The highest BCUT2D eigenvalue weighted by atomic mass is 16.6. The molecule has 1 amide bonds. The summed E-state index contributed by atoms with van der Waals surface area (Å²) in [7, 11) is 0. The standard InChI is InChI=1S/C17H23NO4/c1-16(2,3)22-15(21)18-13(12-8-5-4-6-9-12)17(14(19)20)10-7-11-17/h4-6,8-9,13H,7,10-11H2,1-3H3,(H,18,21)(H,19,20). The van der Waals surface area contributed by atoms with Crippen molar-refractivity contribution in [2.75, 3.05) is 0 Å². The SMILES string of the molecule is CC(C)(C)OC(=O)NC(c1ccccc1)C1(C(=O)O)CCC1. The van der Waals surface area contributed by atoms with Gasteiger partial charge in [-0.3, -0.25) is 4.79 Å². The Kier molecular flexibility index (Phi) is 4.44. The first kappa shape index (κ1) is 16.3. The van der Waals surface area contributed by atoms with E-state index >= 15 is 0 Å². The third-order valence-corrected chi connectivity index (χ3v) is 4.02. The number of carboxylic acid groups (broad SMARTS) is 1. The lowest BCUT2D eigenvalue weighted by Gasteiger charge is -2.44. The second-order valence-corrected chi connectivity index (χ2v) is 6.80. The zero-order valence-electron chi connectivity index (χ0n) is 13.3. The second kappa shape index (κ2) is 5.99. The predicted molar refractivity (Wildman–Crippen MR) is 82.5 cm³/mol. The van der Waals surface area contributed by atoms with Crippen LogP contribution in [0, 0.1) is 5.41 Å². The zero-order valence-corrected chi connectivity index (χ0v) is 13.3. The maximum absolute atomic E-state index is 12.1. The molecule has 1 aliphatic carbocycles. The van der Waals surface area contributed by atoms with Gasteiger partial charge in [0.2, 0.25) is 0 Å². The Morgan fingerprint density at radius 2 is 1.82 bits per heavy atom. The topological polar surface area (TPSA) is 75.6 Å². The molecule has 1 fully saturated rings. The maximum atomic E-state index is 12.1. The minimum Gasteiger partial charge on any atom is -0.481 e. The Morgan fingerprint density at radius 1 is 1.23 bits per heavy atom. The predicted octanol–water partition coefficient (Wildman–Crippen LogP) is 3.51. The van der Waals surface area contributed by atoms with Crippen LogP contribution in [0.25, 0.3) is 0 Å². The molecule has 1 aromatic rings. The summed E-state index contributed by atoms with van der Waals surface area (Å²) in [6.45, 7) is 5.33. The van der Waals surface area contributed by atoms with Crippen molar-refractivity contribution in [3.8, 4) is 0 Å². The maximum Gasteiger partial charge on any atom is 0.408 e. The van der Waals surface area contributed by atoms with Crippen LogP contribution in [0.1, 0.15) is 51.6 Å². The molecule has 1 unspecified atom stereocenters. The molecular formula is C17H23NO4. The number of ether oxygens (including phenoxy) is 1. The number of carbonyl (C=O) groups is 2. The molecule has 1 atom stereocenters. The Labute approximate surface area is 130 Å². The largest absolute Gasteiger partial charge is 0.481 e. The summed E-state index contributed by atoms with van der Waals surface area (Å²) < 4.78 is 5.29. The summed E-state index contributed by atoms with van der Waals surface area (Å²) in [5.74, 6) is -0.872. The third kappa shape index (κ3) is 3.40. The van der Waals surface area contributed by atoms with E-state index < -0.39 is 29.1 Å². The molecule has 0 saturated heterocycles. The van der Waals surface area contributed by atoms with Gasteiger partial charge in [0, 0.05) is 0 Å². The van der Waals surface area contributed by atoms with Crippen molar-refractivity contribution in [2.45, 2.75) is 51.7 Å². The van der Waals surface area contributed by atoms with E-state index in [0.717, 1.165) is 12.0 Å². The molecule has 0 aromatic heterocycles. The Hall–Kier alpha value is -2.04. The van der Waals surface area contributed by atoms with Gasteiger partial charge in [-0.1, -0.05) is 36.8 Å². The first-order chi connectivity index (χ1) is 10.2. The highest BCUT2D eigenvalue weighted by Crippen LogP contribution is 2.50. The van der Waals surface area contributed by atoms with Gasteiger partial charge in [0.15, 0.2) is 0 Å². The number of amides is 1. The number of benzene rings is 1. The van der Waals surface area contributed by atoms with Gasteiger partial charge in [0.05, 0.1) is 11.5 Å². The van der Waals surface area contributed by atoms with E-state index in [1.54, 1.807) is 20.8 Å². The number of alkyl carbamates (subject to hydrolysis) is 1. The molecule has 2 N–H and O–H groups in total. The van der Waals surface area contributed by atoms with Crippen molar-refractivity contribution < 1.29 is 19.4 Å². The van der Waals surface area contributed by atoms with Crippen LogP contribution in [0.4, 0.5) is 4.79 Å². The number of rotatable bonds is 4. The fourth-order valence-corrected chi connectivity index (χ4v) is 2.80. The van der Waals surface area contributed by atoms with Crippen LogP contribution < -0.4 is 5.32 Å². The van der Waals surface area contributed by atoms with E-state index in [1.807, 2.05) is 30.3 Å². The Balaban J connectivity index is 2.27. The van der Waals surface area contributed by atoms with Crippen LogP contribution in [-0.4, -0.2) is 22.8 Å². The molecule has 2 rings (SSSR count). The monoisotopic (exact) mass is 305 g/mol. The number of nitrogens with one attached hydrogen (secondary N) is 1. The summed E-state index contributed by atoms with van der Waals surface area (Å²) >= 11 is 0. The zero-order chi connectivity index (χ0) is 16.4. The van der Waals surface area contributed by atoms with Gasteiger partial charge in [0.1, 0.15) is 5.60 Å². The Bertz CT molecular complexity index is 544. The number of hydrogen-bond donors (Lipinski definition) is 2. The second-order valence-electron chi connectivity index (χ2n) is 6.80. The minimum absolute atomic E-state index is 0.553. The molecule has 120 valence electrons. The number of aliphatic carboxylic acids is 1. The van der Waals surface area contributed by atoms with Crippen LogP contribution >= 0.6 is 0 Å². The van der Waals surface area contributed by atoms with E-state index in [4.69, 9.17) is 4.74 Å². The summed E-state index contributed by atoms with van der Waals surface area (Å²) in [5.41, 5.74) is -0.782. The highest BCUT2D eigenvalue weighted by molar-refractivity contribution is 5.79. The number of carbonyl (C=O) groups excluding carboxylic acids is 1. The van der Waals surface area contributed by atoms with E-state index in [-0.39, 0.29) is 0 Å². The molecule has 1 aliphatic rings. The minimum atomic E-state index is -0.946. The van der Waals surface area contributed by atoms with Crippen molar-refractivity contribution in [3.63, 3.8) is 0 Å². The first-order valence-corrected chi connectivity index (χ1v) is 7.52. The van der Waals surface area contributed by atoms with Crippen molar-refractivity contribution >= 4 is 12.1 Å². The van der Waals surface area contributed by atoms with Crippen LogP contribution in [0.5, 0.6) is 0 Å². The lowest BCUT2D eigenvalue weighted by molar-refractivity contribution is -0.157. The van der Waals surface area contributed by atoms with Gasteiger partial charge in [-0.05, 0) is 39.2 Å². The van der Waals surface area contributed by atoms with Crippen molar-refractivity contribution in [1.82, 2.24) is 5.32 Å². The average molecular weight is 305 g/mol. The molecule has 5 nitrogen and oxygen atoms in total. The van der Waals surface area contributed by atoms with Gasteiger partial charge in [0.25, 0.3) is 0 Å². The first-order valence-electron chi connectivity index (χ1n) is 7.52. The number of hydrogen-bond acceptors (Lipinski definition) is 3. The van der Waals surface area contributed by atoms with Gasteiger partial charge < -0.3 is 15.2 Å². The molecule has 5 heteroatoms. The van der Waals surface area contributed by atoms with E-state index in [2.05, 4.69) is 5.32 Å². The lowest BCUT2D eigenvalue weighted by atomic mass is 9.62. The quantitative estimate of drug-likeness (QED) is 0.892. The normalized spacial score (nSPS) is 18.0. The molecular weight excluding hydrogens is 282 g/mol. The molecule has 0 radical (unpaired) electrons. The summed E-state index contributed by atoms with van der Waals surface area (Å²) in [4.78, 5) is 23.9. The molecule has 0 aliphatic heterocycles. The molecule has 0 bridgehead atoms. The third-order valence-electron chi connectivity index (χ3n) is 4.02. The summed E-state index contributed by atoms with van der Waals surface area (Å²) in [6, 6.07) is 8.63. The van der Waals surface area contributed by atoms with Crippen molar-refractivity contribution in [1.29, 1.82) is 0 Å². The van der Waals surface area contributed by atoms with Crippen LogP contribution in [0.2, 0.25) is 0 Å². The van der Waals surface area contributed by atoms with Crippen molar-refractivity contribution in [2.24, 2.45) is 5.41 Å². The fraction of sp³-hybridized carbons (Fsp3) is 0.529. The molecule has 1 aromatic carbocycles. The summed E-state index contributed by atoms with van der Waals surface area (Å²) in [5, 5.41) is 12.4. The lowest BCUT2D eigenvalue weighted by Crippen LogP contribution is -2.50. The molecule has 0 spiro atoms. The van der Waals surface area contributed by atoms with Gasteiger partial charge in [-0.25, -0.2) is 4.79 Å². The molecule has 1 saturated carbocycles. The highest BCUT2D eigenvalue weighted by Gasteiger charge is 2.52. The van der Waals surface area contributed by atoms with Crippen LogP contribution in [-0.2, 0) is 9.53 Å². The van der Waals surface area contributed by atoms with Crippen LogP contribution in [0.15, 0.2) is 30.3 Å². The van der Waals surface area contributed by atoms with E-state index in [0.29, 0.717) is 12.8 Å². The average Bonchev–Trinajstić information content (AvgIpc) is 2.34. The summed E-state index contributed by atoms with van der Waals surface area (Å²) in [6.07, 6.45) is 1.37. The number of carboxylic acids is 1. The van der Waals surface area contributed by atoms with Gasteiger partial charge in [-0.2, -0.15) is 0 Å². The smallest absolute Gasteiger partial charge is 0.408 e. The van der Waals surface area contributed by atoms with Gasteiger partial charge >= 0.3 is 12.1 Å². The Morgan fingerprint density at radius 3 is 2.23 bits per heavy atom. The van der Waals surface area contributed by atoms with E-state index in [9.17, 15) is 14.7 Å². The van der Waals surface area contributed by atoms with Crippen molar-refractivity contribution in [3.05, 3.63) is 35.9 Å².